The van der Waals surface area contributed by atoms with Crippen molar-refractivity contribution in [1.29, 1.82) is 0 Å². The van der Waals surface area contributed by atoms with Gasteiger partial charge in [0, 0.05) is 50.2 Å². The Morgan fingerprint density at radius 3 is 2.92 bits per heavy atom. The van der Waals surface area contributed by atoms with Crippen LogP contribution in [0.2, 0.25) is 0 Å². The maximum Gasteiger partial charge on any atom is 0.191 e. The quantitative estimate of drug-likeness (QED) is 0.386. The van der Waals surface area contributed by atoms with Crippen LogP contribution in [0.4, 0.5) is 0 Å². The number of nitrogens with zero attached hydrogens (tertiary/aromatic N) is 3. The lowest BCUT2D eigenvalue weighted by Crippen LogP contribution is -2.48. The highest BCUT2D eigenvalue weighted by Crippen LogP contribution is 2.17. The van der Waals surface area contributed by atoms with Crippen LogP contribution in [0.1, 0.15) is 36.6 Å². The van der Waals surface area contributed by atoms with Crippen molar-refractivity contribution < 1.29 is 0 Å². The molecule has 1 saturated heterocycles. The van der Waals surface area contributed by atoms with Gasteiger partial charge < -0.3 is 10.6 Å². The van der Waals surface area contributed by atoms with E-state index in [0.717, 1.165) is 31.4 Å². The number of halogens is 1. The summed E-state index contributed by atoms with van der Waals surface area (Å²) in [6.45, 7) is 11.0. The molecular formula is C17H32IN5S. The maximum absolute atomic E-state index is 4.39. The number of nitrogens with one attached hydrogen (secondary N) is 2. The highest BCUT2D eigenvalue weighted by Gasteiger charge is 2.20. The van der Waals surface area contributed by atoms with Gasteiger partial charge in [-0.3, -0.25) is 9.89 Å². The Hall–Kier alpha value is -0.410. The van der Waals surface area contributed by atoms with Gasteiger partial charge in [-0.2, -0.15) is 0 Å². The first kappa shape index (κ1) is 21.6. The Bertz CT molecular complexity index is 505. The molecule has 24 heavy (non-hydrogen) atoms. The Morgan fingerprint density at radius 2 is 2.29 bits per heavy atom. The molecule has 1 aromatic heterocycles. The summed E-state index contributed by atoms with van der Waals surface area (Å²) in [5, 5.41) is 8.02. The van der Waals surface area contributed by atoms with E-state index < -0.39 is 0 Å². The van der Waals surface area contributed by atoms with Crippen LogP contribution in [0.5, 0.6) is 0 Å². The van der Waals surface area contributed by atoms with Crippen molar-refractivity contribution in [1.82, 2.24) is 20.5 Å². The number of thiazole rings is 1. The first-order valence-corrected chi connectivity index (χ1v) is 9.50. The average molecular weight is 465 g/mol. The molecular weight excluding hydrogens is 433 g/mol. The standard InChI is InChI=1S/C17H31N5S.HI/c1-13-6-5-9-22(12-13)14(2)10-21-17(18-4)19-8-7-16-20-11-15(3)23-16;/h11,13-14H,5-10,12H2,1-4H3,(H2,18,19,21);1H. The van der Waals surface area contributed by atoms with Gasteiger partial charge in [-0.05, 0) is 39.2 Å². The van der Waals surface area contributed by atoms with Crippen molar-refractivity contribution >= 4 is 41.3 Å². The minimum Gasteiger partial charge on any atom is -0.356 e. The van der Waals surface area contributed by atoms with Crippen molar-refractivity contribution in [2.45, 2.75) is 46.1 Å². The minimum atomic E-state index is 0. The maximum atomic E-state index is 4.39. The molecule has 0 bridgehead atoms. The fourth-order valence-corrected chi connectivity index (χ4v) is 3.81. The van der Waals surface area contributed by atoms with Gasteiger partial charge in [-0.15, -0.1) is 35.3 Å². The van der Waals surface area contributed by atoms with Crippen LogP contribution in [-0.2, 0) is 6.42 Å². The predicted molar refractivity (Wildman–Crippen MR) is 115 cm³/mol. The molecule has 2 heterocycles. The molecule has 138 valence electrons. The molecule has 0 spiro atoms. The van der Waals surface area contributed by atoms with Gasteiger partial charge in [-0.25, -0.2) is 4.98 Å². The van der Waals surface area contributed by atoms with Crippen LogP contribution >= 0.6 is 35.3 Å². The number of aromatic nitrogens is 1. The number of rotatable bonds is 6. The lowest BCUT2D eigenvalue weighted by atomic mass is 9.99. The third-order valence-electron chi connectivity index (χ3n) is 4.40. The van der Waals surface area contributed by atoms with E-state index in [4.69, 9.17) is 0 Å². The van der Waals surface area contributed by atoms with Crippen molar-refractivity contribution in [3.63, 3.8) is 0 Å². The number of aryl methyl sites for hydroxylation is 1. The zero-order chi connectivity index (χ0) is 16.7. The van der Waals surface area contributed by atoms with Gasteiger partial charge in [0.2, 0.25) is 0 Å². The molecule has 2 unspecified atom stereocenters. The smallest absolute Gasteiger partial charge is 0.191 e. The molecule has 1 aliphatic rings. The predicted octanol–water partition coefficient (Wildman–Crippen LogP) is 2.90. The first-order valence-electron chi connectivity index (χ1n) is 8.68. The van der Waals surface area contributed by atoms with E-state index in [2.05, 4.69) is 46.3 Å². The summed E-state index contributed by atoms with van der Waals surface area (Å²) in [6.07, 6.45) is 5.58. The number of aliphatic imine (C=N–C) groups is 1. The van der Waals surface area contributed by atoms with E-state index in [1.165, 1.54) is 35.8 Å². The molecule has 2 N–H and O–H groups in total. The fourth-order valence-electron chi connectivity index (χ4n) is 3.03. The normalized spacial score (nSPS) is 20.3. The van der Waals surface area contributed by atoms with E-state index in [0.29, 0.717) is 6.04 Å². The van der Waals surface area contributed by atoms with Gasteiger partial charge in [0.05, 0.1) is 5.01 Å². The largest absolute Gasteiger partial charge is 0.356 e. The molecule has 0 aromatic carbocycles. The third-order valence-corrected chi connectivity index (χ3v) is 5.37. The van der Waals surface area contributed by atoms with Gasteiger partial charge in [-0.1, -0.05) is 6.92 Å². The number of likely N-dealkylation sites (tertiary alicyclic amines) is 1. The number of piperidine rings is 1. The van der Waals surface area contributed by atoms with E-state index in [9.17, 15) is 0 Å². The van der Waals surface area contributed by atoms with Crippen LogP contribution in [0.15, 0.2) is 11.2 Å². The van der Waals surface area contributed by atoms with Gasteiger partial charge in [0.15, 0.2) is 5.96 Å². The van der Waals surface area contributed by atoms with E-state index in [-0.39, 0.29) is 24.0 Å². The molecule has 7 heteroatoms. The first-order chi connectivity index (χ1) is 11.1. The Kier molecular flexibility index (Phi) is 10.1. The van der Waals surface area contributed by atoms with Crippen LogP contribution in [-0.4, -0.2) is 55.1 Å². The third kappa shape index (κ3) is 7.23. The van der Waals surface area contributed by atoms with Crippen LogP contribution in [0, 0.1) is 12.8 Å². The van der Waals surface area contributed by atoms with Crippen LogP contribution in [0.3, 0.4) is 0 Å². The molecule has 1 aliphatic heterocycles. The molecule has 1 aromatic rings. The minimum absolute atomic E-state index is 0. The molecule has 0 aliphatic carbocycles. The molecule has 1 fully saturated rings. The second-order valence-corrected chi connectivity index (χ2v) is 7.91. The topological polar surface area (TPSA) is 52.6 Å². The van der Waals surface area contributed by atoms with Gasteiger partial charge in [0.25, 0.3) is 0 Å². The number of guanidine groups is 1. The van der Waals surface area contributed by atoms with Crippen molar-refractivity contribution in [3.8, 4) is 0 Å². The second-order valence-electron chi connectivity index (χ2n) is 6.59. The summed E-state index contributed by atoms with van der Waals surface area (Å²) >= 11 is 1.77. The molecule has 0 saturated carbocycles. The summed E-state index contributed by atoms with van der Waals surface area (Å²) in [6, 6.07) is 0.540. The molecule has 0 amide bonds. The summed E-state index contributed by atoms with van der Waals surface area (Å²) in [5.41, 5.74) is 0. The summed E-state index contributed by atoms with van der Waals surface area (Å²) in [4.78, 5) is 12.6. The highest BCUT2D eigenvalue weighted by molar-refractivity contribution is 14.0. The summed E-state index contributed by atoms with van der Waals surface area (Å²) in [5.74, 6) is 1.71. The molecule has 5 nitrogen and oxygen atoms in total. The van der Waals surface area contributed by atoms with Gasteiger partial charge >= 0.3 is 0 Å². The lowest BCUT2D eigenvalue weighted by molar-refractivity contribution is 0.139. The summed E-state index contributed by atoms with van der Waals surface area (Å²) < 4.78 is 0. The van der Waals surface area contributed by atoms with Crippen LogP contribution in [0.25, 0.3) is 0 Å². The zero-order valence-corrected chi connectivity index (χ0v) is 18.5. The van der Waals surface area contributed by atoms with E-state index in [1.54, 1.807) is 11.3 Å². The number of hydrogen-bond acceptors (Lipinski definition) is 4. The average Bonchev–Trinajstić information content (AvgIpc) is 2.95. The molecule has 2 rings (SSSR count). The zero-order valence-electron chi connectivity index (χ0n) is 15.3. The SMILES string of the molecule is CN=C(NCCc1ncc(C)s1)NCC(C)N1CCCC(C)C1.I. The van der Waals surface area contributed by atoms with Crippen molar-refractivity contribution in [2.24, 2.45) is 10.9 Å². The van der Waals surface area contributed by atoms with E-state index in [1.807, 2.05) is 13.2 Å². The number of hydrogen-bond donors (Lipinski definition) is 2. The highest BCUT2D eigenvalue weighted by atomic mass is 127. The molecule has 0 radical (unpaired) electrons. The monoisotopic (exact) mass is 465 g/mol. The van der Waals surface area contributed by atoms with Crippen LogP contribution < -0.4 is 10.6 Å². The van der Waals surface area contributed by atoms with E-state index >= 15 is 0 Å². The van der Waals surface area contributed by atoms with Crippen molar-refractivity contribution in [2.75, 3.05) is 33.2 Å². The molecule has 2 atom stereocenters. The Morgan fingerprint density at radius 1 is 1.50 bits per heavy atom. The lowest BCUT2D eigenvalue weighted by Gasteiger charge is -2.35. The van der Waals surface area contributed by atoms with Gasteiger partial charge in [0.1, 0.15) is 0 Å². The fraction of sp³-hybridized carbons (Fsp3) is 0.765. The second kappa shape index (κ2) is 11.3. The Balaban J connectivity index is 0.00000288. The van der Waals surface area contributed by atoms with Crippen molar-refractivity contribution in [3.05, 3.63) is 16.1 Å². The Labute approximate surface area is 167 Å². The summed E-state index contributed by atoms with van der Waals surface area (Å²) in [7, 11) is 1.83.